The number of hydrogen-bond donors (Lipinski definition) is 1. The lowest BCUT2D eigenvalue weighted by atomic mass is 9.87. The molecule has 0 aliphatic rings. The molecule has 0 radical (unpaired) electrons. The molecule has 2 aromatic heterocycles. The van der Waals surface area contributed by atoms with Gasteiger partial charge in [-0.15, -0.1) is 0 Å². The van der Waals surface area contributed by atoms with Crippen molar-refractivity contribution >= 4 is 0 Å². The minimum absolute atomic E-state index is 0.0997. The van der Waals surface area contributed by atoms with Crippen molar-refractivity contribution in [3.63, 3.8) is 0 Å². The van der Waals surface area contributed by atoms with E-state index in [2.05, 4.69) is 10.1 Å². The fourth-order valence-corrected chi connectivity index (χ4v) is 1.25. The van der Waals surface area contributed by atoms with Gasteiger partial charge in [-0.25, -0.2) is 0 Å². The maximum absolute atomic E-state index is 6.03. The third kappa shape index (κ3) is 1.99. The topological polar surface area (TPSA) is 78.1 Å². The third-order valence-corrected chi connectivity index (χ3v) is 2.42. The smallest absolute Gasteiger partial charge is 0.261 e. The Bertz CT molecular complexity index is 454. The lowest BCUT2D eigenvalue weighted by Gasteiger charge is -2.23. The zero-order valence-electron chi connectivity index (χ0n) is 9.60. The first-order chi connectivity index (χ1) is 7.48. The second-order valence-electron chi connectivity index (χ2n) is 4.81. The maximum atomic E-state index is 6.03. The minimum Gasteiger partial charge on any atom is -0.472 e. The van der Waals surface area contributed by atoms with E-state index in [1.165, 1.54) is 0 Å². The summed E-state index contributed by atoms with van der Waals surface area (Å²) < 4.78 is 10.1. The van der Waals surface area contributed by atoms with E-state index in [1.807, 2.05) is 20.8 Å². The van der Waals surface area contributed by atoms with Crippen molar-refractivity contribution in [2.24, 2.45) is 11.1 Å². The first-order valence-electron chi connectivity index (χ1n) is 5.10. The van der Waals surface area contributed by atoms with E-state index in [0.717, 1.165) is 5.56 Å². The zero-order valence-corrected chi connectivity index (χ0v) is 9.60. The van der Waals surface area contributed by atoms with E-state index >= 15 is 0 Å². The molecule has 2 heterocycles. The van der Waals surface area contributed by atoms with E-state index < -0.39 is 0 Å². The van der Waals surface area contributed by atoms with Crippen molar-refractivity contribution in [3.8, 4) is 11.5 Å². The second-order valence-corrected chi connectivity index (χ2v) is 4.81. The molecule has 2 N–H and O–H groups in total. The van der Waals surface area contributed by atoms with Crippen LogP contribution in [0.5, 0.6) is 0 Å². The zero-order chi connectivity index (χ0) is 11.8. The van der Waals surface area contributed by atoms with Gasteiger partial charge in [-0.3, -0.25) is 0 Å². The van der Waals surface area contributed by atoms with Crippen LogP contribution in [0, 0.1) is 5.41 Å². The fraction of sp³-hybridized carbons (Fsp3) is 0.455. The molecule has 0 aromatic carbocycles. The molecule has 86 valence electrons. The summed E-state index contributed by atoms with van der Waals surface area (Å²) in [7, 11) is 0. The molecule has 0 aliphatic carbocycles. The predicted octanol–water partition coefficient (Wildman–Crippen LogP) is 2.38. The van der Waals surface area contributed by atoms with Crippen LogP contribution in [0.15, 0.2) is 27.5 Å². The monoisotopic (exact) mass is 221 g/mol. The summed E-state index contributed by atoms with van der Waals surface area (Å²) in [6.07, 6.45) is 3.11. The average Bonchev–Trinajstić information content (AvgIpc) is 2.85. The number of hydrogen-bond acceptors (Lipinski definition) is 5. The van der Waals surface area contributed by atoms with E-state index in [-0.39, 0.29) is 11.5 Å². The highest BCUT2D eigenvalue weighted by Gasteiger charge is 2.27. The van der Waals surface area contributed by atoms with Crippen LogP contribution in [-0.4, -0.2) is 10.1 Å². The molecule has 16 heavy (non-hydrogen) atoms. The van der Waals surface area contributed by atoms with Gasteiger partial charge in [0.15, 0.2) is 5.82 Å². The van der Waals surface area contributed by atoms with Gasteiger partial charge in [-0.2, -0.15) is 4.98 Å². The summed E-state index contributed by atoms with van der Waals surface area (Å²) in [4.78, 5) is 4.26. The molecule has 2 rings (SSSR count). The molecule has 0 saturated heterocycles. The normalized spacial score (nSPS) is 14.0. The molecule has 0 amide bonds. The molecule has 5 nitrogen and oxygen atoms in total. The summed E-state index contributed by atoms with van der Waals surface area (Å²) in [6.45, 7) is 6.10. The van der Waals surface area contributed by atoms with Crippen LogP contribution in [0.25, 0.3) is 11.5 Å². The Morgan fingerprint density at radius 1 is 1.38 bits per heavy atom. The first-order valence-corrected chi connectivity index (χ1v) is 5.10. The molecule has 1 unspecified atom stereocenters. The van der Waals surface area contributed by atoms with Crippen LogP contribution in [0.2, 0.25) is 0 Å². The largest absolute Gasteiger partial charge is 0.472 e. The quantitative estimate of drug-likeness (QED) is 0.842. The van der Waals surface area contributed by atoms with Crippen molar-refractivity contribution in [2.45, 2.75) is 26.8 Å². The van der Waals surface area contributed by atoms with Crippen LogP contribution >= 0.6 is 0 Å². The highest BCUT2D eigenvalue weighted by Crippen LogP contribution is 2.29. The molecule has 0 aliphatic heterocycles. The summed E-state index contributed by atoms with van der Waals surface area (Å²) in [5.74, 6) is 0.951. The predicted molar refractivity (Wildman–Crippen MR) is 58.4 cm³/mol. The van der Waals surface area contributed by atoms with Gasteiger partial charge < -0.3 is 14.7 Å². The number of rotatable bonds is 2. The summed E-state index contributed by atoms with van der Waals surface area (Å²) >= 11 is 0. The third-order valence-electron chi connectivity index (χ3n) is 2.42. The Kier molecular flexibility index (Phi) is 2.55. The molecule has 2 aromatic rings. The molecule has 5 heteroatoms. The van der Waals surface area contributed by atoms with Gasteiger partial charge >= 0.3 is 0 Å². The molecule has 0 bridgehead atoms. The Morgan fingerprint density at radius 2 is 2.12 bits per heavy atom. The SMILES string of the molecule is CC(C)(C)C(N)c1noc(-c2ccoc2)n1. The van der Waals surface area contributed by atoms with E-state index in [4.69, 9.17) is 14.7 Å². The van der Waals surface area contributed by atoms with Gasteiger partial charge in [0.2, 0.25) is 0 Å². The van der Waals surface area contributed by atoms with Gasteiger partial charge in [-0.05, 0) is 11.5 Å². The van der Waals surface area contributed by atoms with Crippen LogP contribution in [-0.2, 0) is 0 Å². The van der Waals surface area contributed by atoms with Gasteiger partial charge in [0, 0.05) is 0 Å². The number of aromatic nitrogens is 2. The maximum Gasteiger partial charge on any atom is 0.261 e. The Morgan fingerprint density at radius 3 is 2.69 bits per heavy atom. The molecule has 0 spiro atoms. The van der Waals surface area contributed by atoms with Gasteiger partial charge in [0.1, 0.15) is 6.26 Å². The summed E-state index contributed by atoms with van der Waals surface area (Å²) in [5.41, 5.74) is 6.69. The Balaban J connectivity index is 2.27. The first kappa shape index (κ1) is 10.9. The van der Waals surface area contributed by atoms with E-state index in [9.17, 15) is 0 Å². The van der Waals surface area contributed by atoms with Crippen molar-refractivity contribution in [1.82, 2.24) is 10.1 Å². The highest BCUT2D eigenvalue weighted by molar-refractivity contribution is 5.49. The van der Waals surface area contributed by atoms with Gasteiger partial charge in [0.25, 0.3) is 5.89 Å². The highest BCUT2D eigenvalue weighted by atomic mass is 16.5. The average molecular weight is 221 g/mol. The fourth-order valence-electron chi connectivity index (χ4n) is 1.25. The molecule has 0 saturated carbocycles. The lowest BCUT2D eigenvalue weighted by Crippen LogP contribution is -2.27. The lowest BCUT2D eigenvalue weighted by molar-refractivity contribution is 0.303. The summed E-state index contributed by atoms with van der Waals surface area (Å²) in [6, 6.07) is 1.51. The minimum atomic E-state index is -0.253. The van der Waals surface area contributed by atoms with Crippen molar-refractivity contribution in [2.75, 3.05) is 0 Å². The Labute approximate surface area is 93.6 Å². The molecular formula is C11H15N3O2. The Hall–Kier alpha value is -1.62. The molecule has 1 atom stereocenters. The summed E-state index contributed by atoms with van der Waals surface area (Å²) in [5, 5.41) is 3.89. The number of nitrogens with zero attached hydrogens (tertiary/aromatic N) is 2. The number of nitrogens with two attached hydrogens (primary N) is 1. The van der Waals surface area contributed by atoms with E-state index in [1.54, 1.807) is 18.6 Å². The second kappa shape index (κ2) is 3.75. The van der Waals surface area contributed by atoms with Crippen LogP contribution < -0.4 is 5.73 Å². The molecule has 0 fully saturated rings. The van der Waals surface area contributed by atoms with Crippen molar-refractivity contribution < 1.29 is 8.94 Å². The van der Waals surface area contributed by atoms with E-state index in [0.29, 0.717) is 11.7 Å². The van der Waals surface area contributed by atoms with Crippen LogP contribution in [0.3, 0.4) is 0 Å². The van der Waals surface area contributed by atoms with Crippen molar-refractivity contribution in [1.29, 1.82) is 0 Å². The van der Waals surface area contributed by atoms with Crippen molar-refractivity contribution in [3.05, 3.63) is 24.4 Å². The van der Waals surface area contributed by atoms with Crippen LogP contribution in [0.1, 0.15) is 32.6 Å². The van der Waals surface area contributed by atoms with Gasteiger partial charge in [-0.1, -0.05) is 25.9 Å². The standard InChI is InChI=1S/C11H15N3O2/c1-11(2,3)8(12)9-13-10(16-14-9)7-4-5-15-6-7/h4-6,8H,12H2,1-3H3. The van der Waals surface area contributed by atoms with Crippen LogP contribution in [0.4, 0.5) is 0 Å². The van der Waals surface area contributed by atoms with Gasteiger partial charge in [0.05, 0.1) is 17.9 Å². The molecular weight excluding hydrogens is 206 g/mol. The number of furan rings is 1.